The van der Waals surface area contributed by atoms with Gasteiger partial charge in [-0.3, -0.25) is 24.3 Å². The summed E-state index contributed by atoms with van der Waals surface area (Å²) in [6.45, 7) is 3.64. The topological polar surface area (TPSA) is 128 Å². The minimum absolute atomic E-state index is 0.110. The molecule has 0 spiro atoms. The van der Waals surface area contributed by atoms with Crippen LogP contribution in [0, 0.1) is 6.92 Å². The maximum atomic E-state index is 13.2. The Morgan fingerprint density at radius 1 is 1.27 bits per heavy atom. The number of alkyl halides is 3. The monoisotopic (exact) mass is 537 g/mol. The van der Waals surface area contributed by atoms with Crippen LogP contribution in [0.15, 0.2) is 22.6 Å². The molecule has 4 amide bonds. The molecule has 2 aliphatic rings. The molecule has 196 valence electrons. The molecule has 2 unspecified atom stereocenters. The highest BCUT2D eigenvalue weighted by Crippen LogP contribution is 2.35. The Labute approximate surface area is 213 Å². The Morgan fingerprint density at radius 3 is 2.62 bits per heavy atom. The van der Waals surface area contributed by atoms with Crippen LogP contribution in [-0.4, -0.2) is 86.5 Å². The number of nitrogens with one attached hydrogen (secondary N) is 1. The number of imide groups is 1. The van der Waals surface area contributed by atoms with Gasteiger partial charge in [0.1, 0.15) is 22.7 Å². The van der Waals surface area contributed by atoms with Crippen LogP contribution in [0.2, 0.25) is 0 Å². The van der Waals surface area contributed by atoms with Gasteiger partial charge in [-0.25, -0.2) is 14.8 Å². The van der Waals surface area contributed by atoms with E-state index in [4.69, 9.17) is 0 Å². The molecule has 2 aromatic heterocycles. The molecule has 0 aliphatic carbocycles. The summed E-state index contributed by atoms with van der Waals surface area (Å²) in [5, 5.41) is 4.29. The standard InChI is InChI=1S/C22H22F3N7O4S/c1-10(33)7-31-20(35)16-17(30(4)21(31)36)27-9-32(16)12(3)18(34)28-15-8-37-19(29-15)13-5-14(22(23,24)25)11(2)26-6-13/h5-6,8-9,12,16-17H,7H2,1-4H3,(H,28,34)/t12-,16?,17?/m0/s1. The first-order valence-corrected chi connectivity index (χ1v) is 11.9. The molecule has 37 heavy (non-hydrogen) atoms. The van der Waals surface area contributed by atoms with E-state index in [9.17, 15) is 32.3 Å². The predicted molar refractivity (Wildman–Crippen MR) is 127 cm³/mol. The molecule has 2 aliphatic heterocycles. The fourth-order valence-electron chi connectivity index (χ4n) is 4.05. The Hall–Kier alpha value is -3.88. The van der Waals surface area contributed by atoms with Crippen LogP contribution in [0.1, 0.15) is 25.1 Å². The van der Waals surface area contributed by atoms with Gasteiger partial charge in [-0.1, -0.05) is 0 Å². The number of halogens is 3. The summed E-state index contributed by atoms with van der Waals surface area (Å²) in [5.41, 5.74) is -0.883. The van der Waals surface area contributed by atoms with E-state index in [1.54, 1.807) is 0 Å². The second-order valence-electron chi connectivity index (χ2n) is 8.65. The summed E-state index contributed by atoms with van der Waals surface area (Å²) in [4.78, 5) is 65.8. The predicted octanol–water partition coefficient (Wildman–Crippen LogP) is 2.38. The van der Waals surface area contributed by atoms with E-state index in [-0.39, 0.29) is 27.9 Å². The molecule has 0 saturated carbocycles. The van der Waals surface area contributed by atoms with Gasteiger partial charge in [0, 0.05) is 29.9 Å². The maximum Gasteiger partial charge on any atom is 0.418 e. The van der Waals surface area contributed by atoms with E-state index in [1.165, 1.54) is 55.5 Å². The van der Waals surface area contributed by atoms with Crippen molar-refractivity contribution in [1.29, 1.82) is 0 Å². The van der Waals surface area contributed by atoms with Gasteiger partial charge in [-0.2, -0.15) is 13.2 Å². The molecule has 4 rings (SSSR count). The number of fused-ring (bicyclic) bond motifs is 1. The number of carbonyl (C=O) groups is 4. The zero-order valence-electron chi connectivity index (χ0n) is 20.1. The zero-order valence-corrected chi connectivity index (χ0v) is 20.9. The van der Waals surface area contributed by atoms with E-state index in [1.807, 2.05) is 0 Å². The van der Waals surface area contributed by atoms with Crippen LogP contribution in [-0.2, 0) is 20.6 Å². The van der Waals surface area contributed by atoms with Gasteiger partial charge in [0.15, 0.2) is 12.2 Å². The number of hydrogen-bond donors (Lipinski definition) is 1. The highest BCUT2D eigenvalue weighted by molar-refractivity contribution is 7.13. The molecule has 1 saturated heterocycles. The van der Waals surface area contributed by atoms with E-state index in [2.05, 4.69) is 20.3 Å². The molecule has 2 aromatic rings. The lowest BCUT2D eigenvalue weighted by Gasteiger charge is -2.41. The first-order valence-electron chi connectivity index (χ1n) is 11.0. The van der Waals surface area contributed by atoms with Crippen molar-refractivity contribution in [1.82, 2.24) is 24.7 Å². The summed E-state index contributed by atoms with van der Waals surface area (Å²) in [6, 6.07) is -1.65. The number of aryl methyl sites for hydroxylation is 1. The average Bonchev–Trinajstić information content (AvgIpc) is 3.47. The number of aromatic nitrogens is 2. The van der Waals surface area contributed by atoms with Crippen LogP contribution in [0.25, 0.3) is 10.6 Å². The van der Waals surface area contributed by atoms with Gasteiger partial charge in [-0.05, 0) is 26.8 Å². The van der Waals surface area contributed by atoms with Crippen molar-refractivity contribution in [2.24, 2.45) is 4.99 Å². The first kappa shape index (κ1) is 26.2. The number of Topliss-reactive ketones (excluding diaryl/α,β-unsaturated/α-hetero) is 1. The van der Waals surface area contributed by atoms with Crippen molar-refractivity contribution in [3.8, 4) is 10.6 Å². The Bertz CT molecular complexity index is 1310. The van der Waals surface area contributed by atoms with Crippen molar-refractivity contribution in [3.63, 3.8) is 0 Å². The van der Waals surface area contributed by atoms with Gasteiger partial charge in [0.25, 0.3) is 5.91 Å². The molecule has 11 nitrogen and oxygen atoms in total. The zero-order chi connectivity index (χ0) is 27.2. The van der Waals surface area contributed by atoms with Gasteiger partial charge in [-0.15, -0.1) is 11.3 Å². The molecule has 1 N–H and O–H groups in total. The molecule has 3 atom stereocenters. The minimum atomic E-state index is -4.57. The fourth-order valence-corrected chi connectivity index (χ4v) is 4.79. The van der Waals surface area contributed by atoms with E-state index in [0.717, 1.165) is 22.3 Å². The number of carbonyl (C=O) groups excluding carboxylic acids is 4. The van der Waals surface area contributed by atoms with Gasteiger partial charge in [0.2, 0.25) is 5.91 Å². The summed E-state index contributed by atoms with van der Waals surface area (Å²) < 4.78 is 39.7. The number of likely N-dealkylation sites (N-methyl/N-ethyl adjacent to an activating group) is 1. The number of pyridine rings is 1. The minimum Gasteiger partial charge on any atom is -0.335 e. The number of ketones is 1. The number of urea groups is 1. The van der Waals surface area contributed by atoms with Crippen molar-refractivity contribution < 1.29 is 32.3 Å². The van der Waals surface area contributed by atoms with E-state index < -0.39 is 54.4 Å². The highest BCUT2D eigenvalue weighted by Gasteiger charge is 2.51. The number of nitrogens with zero attached hydrogens (tertiary/aromatic N) is 6. The lowest BCUT2D eigenvalue weighted by atomic mass is 10.1. The highest BCUT2D eigenvalue weighted by atomic mass is 32.1. The Kier molecular flexibility index (Phi) is 6.75. The lowest BCUT2D eigenvalue weighted by Crippen LogP contribution is -2.66. The summed E-state index contributed by atoms with van der Waals surface area (Å²) in [5.74, 6) is -1.48. The van der Waals surface area contributed by atoms with Gasteiger partial charge in [0.05, 0.1) is 18.4 Å². The smallest absolute Gasteiger partial charge is 0.335 e. The molecule has 15 heteroatoms. The molecule has 4 heterocycles. The number of amides is 4. The van der Waals surface area contributed by atoms with Gasteiger partial charge >= 0.3 is 12.2 Å². The second-order valence-corrected chi connectivity index (χ2v) is 9.51. The van der Waals surface area contributed by atoms with E-state index in [0.29, 0.717) is 0 Å². The largest absolute Gasteiger partial charge is 0.418 e. The van der Waals surface area contributed by atoms with Crippen LogP contribution in [0.3, 0.4) is 0 Å². The molecule has 1 fully saturated rings. The molecule has 0 radical (unpaired) electrons. The number of aliphatic imine (C=N–C) groups is 1. The SMILES string of the molecule is CC(=O)CN1C(=O)C2C(N=CN2[C@@H](C)C(=O)Nc2csc(-c3cnc(C)c(C(F)(F)F)c3)n2)N(C)C1=O. The van der Waals surface area contributed by atoms with Crippen molar-refractivity contribution >= 4 is 47.1 Å². The number of thiazole rings is 1. The Morgan fingerprint density at radius 2 is 1.97 bits per heavy atom. The lowest BCUT2D eigenvalue weighted by molar-refractivity contribution is -0.141. The van der Waals surface area contributed by atoms with Crippen molar-refractivity contribution in [2.45, 2.75) is 45.2 Å². The van der Waals surface area contributed by atoms with Crippen LogP contribution in [0.5, 0.6) is 0 Å². The first-order chi connectivity index (χ1) is 17.3. The van der Waals surface area contributed by atoms with Crippen LogP contribution in [0.4, 0.5) is 23.8 Å². The van der Waals surface area contributed by atoms with Crippen LogP contribution >= 0.6 is 11.3 Å². The normalized spacial score (nSPS) is 20.4. The van der Waals surface area contributed by atoms with Crippen molar-refractivity contribution in [2.75, 3.05) is 18.9 Å². The third-order valence-corrected chi connectivity index (χ3v) is 6.90. The molecular formula is C22H22F3N7O4S. The molecular weight excluding hydrogens is 515 g/mol. The number of hydrogen-bond acceptors (Lipinski definition) is 9. The molecule has 0 aromatic carbocycles. The quantitative estimate of drug-likeness (QED) is 0.599. The third-order valence-electron chi connectivity index (χ3n) is 6.01. The third kappa shape index (κ3) is 4.90. The average molecular weight is 538 g/mol. The summed E-state index contributed by atoms with van der Waals surface area (Å²) in [7, 11) is 1.45. The number of anilines is 1. The number of rotatable bonds is 6. The molecule has 0 bridgehead atoms. The second kappa shape index (κ2) is 9.53. The van der Waals surface area contributed by atoms with Crippen molar-refractivity contribution in [3.05, 3.63) is 28.9 Å². The van der Waals surface area contributed by atoms with Gasteiger partial charge < -0.3 is 15.1 Å². The van der Waals surface area contributed by atoms with E-state index >= 15 is 0 Å². The summed E-state index contributed by atoms with van der Waals surface area (Å²) in [6.07, 6.45) is -2.85. The Balaban J connectivity index is 1.50. The fraction of sp³-hybridized carbons (Fsp3) is 0.409. The summed E-state index contributed by atoms with van der Waals surface area (Å²) >= 11 is 1.03. The van der Waals surface area contributed by atoms with Crippen LogP contribution < -0.4 is 5.32 Å². The maximum absolute atomic E-state index is 13.2.